The van der Waals surface area contributed by atoms with Gasteiger partial charge in [-0.2, -0.15) is 0 Å². The summed E-state index contributed by atoms with van der Waals surface area (Å²) in [5.41, 5.74) is 9.55. The van der Waals surface area contributed by atoms with Gasteiger partial charge in [-0.3, -0.25) is 72.6 Å². The van der Waals surface area contributed by atoms with E-state index >= 15 is 0 Å². The van der Waals surface area contributed by atoms with Gasteiger partial charge < -0.3 is 0 Å². The molecule has 126 heavy (non-hydrogen) atoms. The van der Waals surface area contributed by atoms with E-state index in [0.717, 1.165) is 163 Å². The summed E-state index contributed by atoms with van der Waals surface area (Å²) in [4.78, 5) is 185. The van der Waals surface area contributed by atoms with E-state index in [4.69, 9.17) is 0 Å². The highest BCUT2D eigenvalue weighted by Crippen LogP contribution is 2.43. The third-order valence-electron chi connectivity index (χ3n) is 26.0. The van der Waals surface area contributed by atoms with Gasteiger partial charge in [0.05, 0.1) is 37.6 Å². The SMILES string of the molecule is Cc1ccc(CC2C(=O)N(Cc3ccc(C)cc3)C(=O)N(Cc3ccc(C)cc3)C2=O)cc1.O=C(CC(c1ccccc1)C1C(=O)N(c2ccccc2)C(=O)N(c2ccccc2)C1=O)c1ccccc1.O=C1C(C2CCCCC2)C(=O)N(C2CCCCC2)C(=O)N1C1CCCCC1.O=C1C(C2CCCCC2)C(=O)N(Cc2ccccc2)C(=O)N1Cc1ccccc1. The lowest BCUT2D eigenvalue weighted by atomic mass is 9.77. The molecule has 8 fully saturated rings. The van der Waals surface area contributed by atoms with Gasteiger partial charge in [-0.25, -0.2) is 29.0 Å². The molecule has 4 aliphatic heterocycles. The first-order valence-corrected chi connectivity index (χ1v) is 44.9. The molecule has 9 aromatic carbocycles. The minimum absolute atomic E-state index is 0.00373. The number of barbiturate groups is 4. The van der Waals surface area contributed by atoms with Crippen LogP contribution in [0.5, 0.6) is 0 Å². The highest BCUT2D eigenvalue weighted by atomic mass is 16.2. The number of para-hydroxylation sites is 2. The Kier molecular flexibility index (Phi) is 29.9. The van der Waals surface area contributed by atoms with Crippen molar-refractivity contribution in [2.75, 3.05) is 9.80 Å². The van der Waals surface area contributed by atoms with Crippen LogP contribution in [-0.4, -0.2) is 119 Å². The molecule has 0 aromatic heterocycles. The Morgan fingerprint density at radius 1 is 0.294 bits per heavy atom. The average Bonchev–Trinajstić information content (AvgIpc) is 0.751. The molecule has 4 heterocycles. The van der Waals surface area contributed by atoms with Gasteiger partial charge in [0.1, 0.15) is 23.7 Å². The van der Waals surface area contributed by atoms with Gasteiger partial charge in [0.15, 0.2) is 5.78 Å². The zero-order chi connectivity index (χ0) is 88.3. The zero-order valence-electron chi connectivity index (χ0n) is 72.2. The number of amides is 16. The van der Waals surface area contributed by atoms with Crippen LogP contribution in [0.25, 0.3) is 0 Å². The molecule has 650 valence electrons. The number of urea groups is 4. The number of hydrogen-bond donors (Lipinski definition) is 0. The van der Waals surface area contributed by atoms with Crippen LogP contribution in [0, 0.1) is 56.3 Å². The van der Waals surface area contributed by atoms with Gasteiger partial charge in [0.25, 0.3) is 0 Å². The molecule has 0 spiro atoms. The number of anilines is 2. The third-order valence-corrected chi connectivity index (χ3v) is 26.0. The Morgan fingerprint density at radius 3 is 0.960 bits per heavy atom. The normalized spacial score (nSPS) is 18.8. The van der Waals surface area contributed by atoms with Crippen molar-refractivity contribution in [1.82, 2.24) is 29.4 Å². The molecule has 21 nitrogen and oxygen atoms in total. The molecule has 21 heteroatoms. The predicted molar refractivity (Wildman–Crippen MR) is 481 cm³/mol. The lowest BCUT2D eigenvalue weighted by molar-refractivity contribution is -0.157. The highest BCUT2D eigenvalue weighted by Gasteiger charge is 2.55. The minimum atomic E-state index is -1.28. The summed E-state index contributed by atoms with van der Waals surface area (Å²) in [6, 6.07) is 75.0. The van der Waals surface area contributed by atoms with Crippen LogP contribution in [0.15, 0.2) is 255 Å². The molecule has 1 unspecified atom stereocenters. The van der Waals surface area contributed by atoms with Crippen molar-refractivity contribution in [3.8, 4) is 0 Å². The molecule has 9 aromatic rings. The first-order chi connectivity index (χ1) is 61.2. The molecule has 0 bridgehead atoms. The van der Waals surface area contributed by atoms with Crippen molar-refractivity contribution < 1.29 is 62.3 Å². The van der Waals surface area contributed by atoms with E-state index in [1.165, 1.54) is 38.9 Å². The average molecular weight is 1690 g/mol. The van der Waals surface area contributed by atoms with E-state index in [0.29, 0.717) is 22.5 Å². The second-order valence-corrected chi connectivity index (χ2v) is 34.8. The summed E-state index contributed by atoms with van der Waals surface area (Å²) in [5, 5.41) is 0. The van der Waals surface area contributed by atoms with Gasteiger partial charge >= 0.3 is 24.1 Å². The number of benzene rings is 9. The highest BCUT2D eigenvalue weighted by molar-refractivity contribution is 6.37. The number of aryl methyl sites for hydroxylation is 3. The van der Waals surface area contributed by atoms with Crippen LogP contribution in [0.3, 0.4) is 0 Å². The number of hydrogen-bond acceptors (Lipinski definition) is 13. The number of imide groups is 8. The molecule has 8 aliphatic rings. The Labute approximate surface area is 738 Å². The monoisotopic (exact) mass is 1690 g/mol. The standard InChI is InChI=1S/C31H24N2O4.C28H28N2O3.C24H26N2O3.C22H34N2O3/c34-27(23-15-7-2-8-16-23)21-26(22-13-5-1-6-14-22)28-29(35)32(24-17-9-3-10-18-24)31(37)33(30(28)36)25-19-11-4-12-20-25;1-19-4-10-22(11-5-19)16-25-26(31)29(17-23-12-6-20(2)7-13-23)28(33)30(27(25)32)18-24-14-8-21(3)9-15-24;27-22-21(20-14-8-3-9-15-20)23(28)26(17-19-12-6-2-7-13-19)24(29)25(22)16-18-10-4-1-5-11-18;25-20-19(16-10-4-1-5-11-16)21(26)24(18-14-8-3-9-15-18)22(27)23(20)17-12-6-2-7-13-17/h1-20,26,28H,21H2;4-15,25H,16-18H2,1-3H3;1-2,4-7,10-13,20-21H,3,8-9,14-17H2;16-19H,1-15H2. The first kappa shape index (κ1) is 89.4. The fourth-order valence-corrected chi connectivity index (χ4v) is 19.1. The molecule has 17 rings (SSSR count). The molecule has 4 aliphatic carbocycles. The fourth-order valence-electron chi connectivity index (χ4n) is 19.1. The molecular weight excluding hydrogens is 1580 g/mol. The topological polar surface area (TPSA) is 248 Å². The Hall–Kier alpha value is -12.9. The van der Waals surface area contributed by atoms with Crippen molar-refractivity contribution in [2.45, 2.75) is 206 Å². The lowest BCUT2D eigenvalue weighted by Crippen LogP contribution is -2.66. The fraction of sp³-hybridized carbons (Fsp3) is 0.362. The van der Waals surface area contributed by atoms with Gasteiger partial charge in [-0.1, -0.05) is 324 Å². The number of rotatable bonds is 21. The van der Waals surface area contributed by atoms with Crippen LogP contribution in [0.4, 0.5) is 30.6 Å². The van der Waals surface area contributed by atoms with Crippen LogP contribution < -0.4 is 9.80 Å². The molecule has 0 radical (unpaired) electrons. The van der Waals surface area contributed by atoms with E-state index in [2.05, 4.69) is 0 Å². The van der Waals surface area contributed by atoms with E-state index in [1.807, 2.05) is 178 Å². The predicted octanol–water partition coefficient (Wildman–Crippen LogP) is 19.8. The maximum Gasteiger partial charge on any atom is 0.342 e. The zero-order valence-corrected chi connectivity index (χ0v) is 72.2. The number of Topliss-reactive ketones (excluding diaryl/α,β-unsaturated/α-hetero) is 1. The Morgan fingerprint density at radius 2 is 0.595 bits per heavy atom. The van der Waals surface area contributed by atoms with Crippen molar-refractivity contribution in [3.05, 3.63) is 310 Å². The van der Waals surface area contributed by atoms with Crippen LogP contribution in [0.2, 0.25) is 0 Å². The molecule has 4 saturated heterocycles. The van der Waals surface area contributed by atoms with Crippen LogP contribution in [0.1, 0.15) is 201 Å². The third kappa shape index (κ3) is 21.0. The van der Waals surface area contributed by atoms with E-state index < -0.39 is 71.3 Å². The van der Waals surface area contributed by atoms with Gasteiger partial charge in [0, 0.05) is 30.0 Å². The van der Waals surface area contributed by atoms with Crippen molar-refractivity contribution >= 4 is 88.5 Å². The van der Waals surface area contributed by atoms with E-state index in [9.17, 15) is 62.3 Å². The summed E-state index contributed by atoms with van der Waals surface area (Å²) < 4.78 is 0. The second-order valence-electron chi connectivity index (χ2n) is 34.8. The van der Waals surface area contributed by atoms with Gasteiger partial charge in [-0.05, 0) is 148 Å². The van der Waals surface area contributed by atoms with Crippen LogP contribution >= 0.6 is 0 Å². The maximum absolute atomic E-state index is 14.0. The summed E-state index contributed by atoms with van der Waals surface area (Å²) in [6.45, 7) is 6.63. The van der Waals surface area contributed by atoms with E-state index in [-0.39, 0.29) is 98.4 Å². The summed E-state index contributed by atoms with van der Waals surface area (Å²) in [7, 11) is 0. The van der Waals surface area contributed by atoms with Crippen molar-refractivity contribution in [1.29, 1.82) is 0 Å². The molecule has 4 saturated carbocycles. The number of carbonyl (C=O) groups is 13. The smallest absolute Gasteiger partial charge is 0.294 e. The molecule has 1 atom stereocenters. The van der Waals surface area contributed by atoms with Gasteiger partial charge in [-0.15, -0.1) is 0 Å². The van der Waals surface area contributed by atoms with Gasteiger partial charge in [0.2, 0.25) is 47.3 Å². The summed E-state index contributed by atoms with van der Waals surface area (Å²) in [6.07, 6.45) is 20.7. The maximum atomic E-state index is 14.0. The van der Waals surface area contributed by atoms with Crippen LogP contribution in [-0.2, 0) is 71.0 Å². The Balaban J connectivity index is 0.000000137. The largest absolute Gasteiger partial charge is 0.342 e. The molecule has 0 N–H and O–H groups in total. The molecular formula is C105H112N8O13. The Bertz CT molecular complexity index is 4940. The molecule has 16 amide bonds. The summed E-state index contributed by atoms with van der Waals surface area (Å²) >= 11 is 0. The number of ketones is 1. The number of nitrogens with zero attached hydrogens (tertiary/aromatic N) is 8. The quantitative estimate of drug-likeness (QED) is 0.0480. The second kappa shape index (κ2) is 42.2. The van der Waals surface area contributed by atoms with Crippen molar-refractivity contribution in [2.24, 2.45) is 35.5 Å². The summed E-state index contributed by atoms with van der Waals surface area (Å²) in [5.74, 6) is -7.57. The van der Waals surface area contributed by atoms with E-state index in [1.54, 1.807) is 107 Å². The first-order valence-electron chi connectivity index (χ1n) is 44.9. The number of carbonyl (C=O) groups excluding carboxylic acids is 13. The lowest BCUT2D eigenvalue weighted by Gasteiger charge is -2.47. The minimum Gasteiger partial charge on any atom is -0.294 e. The van der Waals surface area contributed by atoms with Crippen molar-refractivity contribution in [3.63, 3.8) is 0 Å².